The summed E-state index contributed by atoms with van der Waals surface area (Å²) >= 11 is 0. The SMILES string of the molecule is CC(C)(O)C(C)(C)O[B]c1cc2ccc3cccc4ccc(c1)c2c34. The molecular weight excluding hydrogens is 307 g/mol. The maximum absolute atomic E-state index is 10.3. The van der Waals surface area contributed by atoms with Gasteiger partial charge < -0.3 is 9.76 Å². The summed E-state index contributed by atoms with van der Waals surface area (Å²) in [6.45, 7) is 7.32. The molecule has 0 saturated carbocycles. The summed E-state index contributed by atoms with van der Waals surface area (Å²) in [4.78, 5) is 0. The fraction of sp³-hybridized carbons (Fsp3) is 0.273. The zero-order chi connectivity index (χ0) is 17.8. The molecule has 0 aliphatic rings. The van der Waals surface area contributed by atoms with Crippen molar-refractivity contribution in [2.75, 3.05) is 0 Å². The minimum Gasteiger partial charge on any atom is -0.427 e. The van der Waals surface area contributed by atoms with Crippen LogP contribution in [0.4, 0.5) is 0 Å². The minimum atomic E-state index is -0.931. The molecule has 0 amide bonds. The summed E-state index contributed by atoms with van der Waals surface area (Å²) in [6.07, 6.45) is 0. The maximum Gasteiger partial charge on any atom is 0.330 e. The summed E-state index contributed by atoms with van der Waals surface area (Å²) in [6, 6.07) is 19.4. The lowest BCUT2D eigenvalue weighted by Crippen LogP contribution is -2.49. The van der Waals surface area contributed by atoms with Crippen molar-refractivity contribution in [3.8, 4) is 0 Å². The second-order valence-electron chi connectivity index (χ2n) is 7.86. The molecule has 0 bridgehead atoms. The van der Waals surface area contributed by atoms with Crippen LogP contribution in [0, 0.1) is 0 Å². The standard InChI is InChI=1S/C22H22BO2/c1-21(2,24)22(3,4)25-23-18-12-16-10-8-14-6-5-7-15-9-11-17(13-18)20(16)19(14)15/h5-13,24H,1-4H3. The van der Waals surface area contributed by atoms with E-state index in [2.05, 4.69) is 54.6 Å². The Morgan fingerprint density at radius 2 is 1.24 bits per heavy atom. The van der Waals surface area contributed by atoms with Crippen molar-refractivity contribution in [2.45, 2.75) is 38.9 Å². The minimum absolute atomic E-state index is 0.675. The summed E-state index contributed by atoms with van der Waals surface area (Å²) in [5.74, 6) is 0. The van der Waals surface area contributed by atoms with Gasteiger partial charge in [-0.2, -0.15) is 0 Å². The van der Waals surface area contributed by atoms with E-state index in [0.717, 1.165) is 5.46 Å². The van der Waals surface area contributed by atoms with Gasteiger partial charge in [-0.15, -0.1) is 0 Å². The first-order valence-corrected chi connectivity index (χ1v) is 8.67. The highest BCUT2D eigenvalue weighted by atomic mass is 16.5. The Labute approximate surface area is 149 Å². The number of benzene rings is 4. The van der Waals surface area contributed by atoms with E-state index in [4.69, 9.17) is 4.65 Å². The van der Waals surface area contributed by atoms with Crippen molar-refractivity contribution in [3.05, 3.63) is 54.6 Å². The number of rotatable bonds is 4. The van der Waals surface area contributed by atoms with Gasteiger partial charge in [0, 0.05) is 0 Å². The summed E-state index contributed by atoms with van der Waals surface area (Å²) in [5, 5.41) is 17.8. The first kappa shape index (κ1) is 16.4. The molecule has 3 heteroatoms. The third kappa shape index (κ3) is 2.68. The lowest BCUT2D eigenvalue weighted by Gasteiger charge is -2.37. The Bertz CT molecular complexity index is 996. The molecule has 2 nitrogen and oxygen atoms in total. The number of aliphatic hydroxyl groups is 1. The highest BCUT2D eigenvalue weighted by Crippen LogP contribution is 2.33. The van der Waals surface area contributed by atoms with Gasteiger partial charge in [0.15, 0.2) is 0 Å². The molecule has 1 N–H and O–H groups in total. The van der Waals surface area contributed by atoms with Crippen LogP contribution in [0.5, 0.6) is 0 Å². The van der Waals surface area contributed by atoms with Crippen molar-refractivity contribution in [2.24, 2.45) is 0 Å². The number of hydrogen-bond acceptors (Lipinski definition) is 2. The molecule has 4 aromatic carbocycles. The molecule has 0 spiro atoms. The summed E-state index contributed by atoms with van der Waals surface area (Å²) in [7, 11) is 1.76. The van der Waals surface area contributed by atoms with Crippen LogP contribution in [-0.2, 0) is 4.65 Å². The van der Waals surface area contributed by atoms with Crippen LogP contribution in [0.25, 0.3) is 32.3 Å². The molecule has 0 fully saturated rings. The van der Waals surface area contributed by atoms with Gasteiger partial charge >= 0.3 is 7.48 Å². The molecule has 0 aromatic heterocycles. The van der Waals surface area contributed by atoms with Gasteiger partial charge in [-0.25, -0.2) is 0 Å². The quantitative estimate of drug-likeness (QED) is 0.444. The molecular formula is C22H22BO2. The average Bonchev–Trinajstić information content (AvgIpc) is 2.57. The predicted octanol–water partition coefficient (Wildman–Crippen LogP) is 4.39. The van der Waals surface area contributed by atoms with Gasteiger partial charge in [0.05, 0.1) is 11.2 Å². The van der Waals surface area contributed by atoms with Gasteiger partial charge in [0.1, 0.15) is 0 Å². The fourth-order valence-electron chi connectivity index (χ4n) is 3.21. The van der Waals surface area contributed by atoms with Crippen LogP contribution in [0.2, 0.25) is 0 Å². The third-order valence-electron chi connectivity index (χ3n) is 5.45. The van der Waals surface area contributed by atoms with Crippen molar-refractivity contribution < 1.29 is 9.76 Å². The van der Waals surface area contributed by atoms with E-state index in [1.807, 2.05) is 13.8 Å². The van der Waals surface area contributed by atoms with Crippen LogP contribution >= 0.6 is 0 Å². The molecule has 0 heterocycles. The largest absolute Gasteiger partial charge is 0.427 e. The lowest BCUT2D eigenvalue weighted by molar-refractivity contribution is -0.0893. The third-order valence-corrected chi connectivity index (χ3v) is 5.45. The molecule has 125 valence electrons. The van der Waals surface area contributed by atoms with Crippen molar-refractivity contribution in [3.63, 3.8) is 0 Å². The van der Waals surface area contributed by atoms with Crippen LogP contribution in [0.3, 0.4) is 0 Å². The fourth-order valence-corrected chi connectivity index (χ4v) is 3.21. The zero-order valence-electron chi connectivity index (χ0n) is 15.1. The Morgan fingerprint density at radius 1 is 0.760 bits per heavy atom. The molecule has 4 aromatic rings. The van der Waals surface area contributed by atoms with Gasteiger partial charge in [-0.1, -0.05) is 60.1 Å². The average molecular weight is 329 g/mol. The Hall–Kier alpha value is -2.10. The van der Waals surface area contributed by atoms with Gasteiger partial charge in [0.2, 0.25) is 0 Å². The highest BCUT2D eigenvalue weighted by molar-refractivity contribution is 6.48. The monoisotopic (exact) mass is 329 g/mol. The van der Waals surface area contributed by atoms with Crippen molar-refractivity contribution in [1.82, 2.24) is 0 Å². The molecule has 25 heavy (non-hydrogen) atoms. The second-order valence-corrected chi connectivity index (χ2v) is 7.86. The molecule has 1 radical (unpaired) electrons. The van der Waals surface area contributed by atoms with Crippen LogP contribution < -0.4 is 5.46 Å². The molecule has 4 rings (SSSR count). The lowest BCUT2D eigenvalue weighted by atomic mass is 9.80. The Balaban J connectivity index is 1.80. The Kier molecular flexibility index (Phi) is 3.57. The molecule has 0 aliphatic heterocycles. The molecule has 0 unspecified atom stereocenters. The van der Waals surface area contributed by atoms with E-state index in [1.54, 1.807) is 21.3 Å². The van der Waals surface area contributed by atoms with Gasteiger partial charge in [-0.05, 0) is 60.0 Å². The van der Waals surface area contributed by atoms with Crippen molar-refractivity contribution in [1.29, 1.82) is 0 Å². The smallest absolute Gasteiger partial charge is 0.330 e. The topological polar surface area (TPSA) is 29.5 Å². The van der Waals surface area contributed by atoms with E-state index in [0.29, 0.717) is 0 Å². The van der Waals surface area contributed by atoms with Crippen LogP contribution in [0.1, 0.15) is 27.7 Å². The van der Waals surface area contributed by atoms with Gasteiger partial charge in [-0.3, -0.25) is 0 Å². The maximum atomic E-state index is 10.3. The van der Waals surface area contributed by atoms with E-state index >= 15 is 0 Å². The van der Waals surface area contributed by atoms with E-state index in [9.17, 15) is 5.11 Å². The predicted molar refractivity (Wildman–Crippen MR) is 107 cm³/mol. The highest BCUT2D eigenvalue weighted by Gasteiger charge is 2.35. The molecule has 0 saturated heterocycles. The second kappa shape index (κ2) is 5.45. The van der Waals surface area contributed by atoms with Crippen LogP contribution in [0.15, 0.2) is 54.6 Å². The van der Waals surface area contributed by atoms with E-state index in [-0.39, 0.29) is 0 Å². The Morgan fingerprint density at radius 3 is 1.76 bits per heavy atom. The summed E-state index contributed by atoms with van der Waals surface area (Å²) in [5.41, 5.74) is -0.603. The van der Waals surface area contributed by atoms with E-state index < -0.39 is 11.2 Å². The molecule has 0 atom stereocenters. The summed E-state index contributed by atoms with van der Waals surface area (Å²) < 4.78 is 5.93. The normalized spacial score (nSPS) is 13.2. The molecule has 0 aliphatic carbocycles. The zero-order valence-corrected chi connectivity index (χ0v) is 15.1. The first-order chi connectivity index (χ1) is 11.8. The van der Waals surface area contributed by atoms with E-state index in [1.165, 1.54) is 32.3 Å². The number of hydrogen-bond donors (Lipinski definition) is 1. The first-order valence-electron chi connectivity index (χ1n) is 8.67. The van der Waals surface area contributed by atoms with Crippen LogP contribution in [-0.4, -0.2) is 23.8 Å². The van der Waals surface area contributed by atoms with Gasteiger partial charge in [0.25, 0.3) is 0 Å². The van der Waals surface area contributed by atoms with Crippen molar-refractivity contribution >= 4 is 45.3 Å².